The van der Waals surface area contributed by atoms with Gasteiger partial charge in [0.1, 0.15) is 18.5 Å². The third kappa shape index (κ3) is 5.33. The average Bonchev–Trinajstić information content (AvgIpc) is 2.68. The van der Waals surface area contributed by atoms with E-state index in [1.165, 1.54) is 0 Å². The molecule has 7 heteroatoms. The summed E-state index contributed by atoms with van der Waals surface area (Å²) in [6, 6.07) is 11.6. The zero-order valence-electron chi connectivity index (χ0n) is 14.8. The Kier molecular flexibility index (Phi) is 6.66. The zero-order chi connectivity index (χ0) is 18.2. The van der Waals surface area contributed by atoms with Gasteiger partial charge >= 0.3 is 0 Å². The fourth-order valence-corrected chi connectivity index (χ4v) is 2.85. The van der Waals surface area contributed by atoms with Gasteiger partial charge in [-0.2, -0.15) is 0 Å². The third-order valence-corrected chi connectivity index (χ3v) is 4.34. The molecule has 1 fully saturated rings. The van der Waals surface area contributed by atoms with Gasteiger partial charge in [0.25, 0.3) is 0 Å². The Balaban J connectivity index is 1.47. The topological polar surface area (TPSA) is 59.8 Å². The van der Waals surface area contributed by atoms with Crippen LogP contribution >= 0.6 is 11.6 Å². The molecule has 0 saturated carbocycles. The highest BCUT2D eigenvalue weighted by atomic mass is 35.5. The molecule has 0 N–H and O–H groups in total. The molecule has 0 bridgehead atoms. The molecule has 0 radical (unpaired) electrons. The fourth-order valence-electron chi connectivity index (χ4n) is 2.75. The van der Waals surface area contributed by atoms with Gasteiger partial charge in [0.2, 0.25) is 0 Å². The van der Waals surface area contributed by atoms with Crippen LogP contribution < -0.4 is 9.64 Å². The number of benzene rings is 1. The first-order chi connectivity index (χ1) is 12.7. The second-order valence-corrected chi connectivity index (χ2v) is 6.54. The lowest BCUT2D eigenvalue weighted by Gasteiger charge is -2.32. The van der Waals surface area contributed by atoms with Crippen molar-refractivity contribution in [1.82, 2.24) is 10.2 Å². The first-order valence-electron chi connectivity index (χ1n) is 8.91. The van der Waals surface area contributed by atoms with E-state index in [-0.39, 0.29) is 6.10 Å². The van der Waals surface area contributed by atoms with Crippen molar-refractivity contribution in [2.24, 2.45) is 5.16 Å². The van der Waals surface area contributed by atoms with Gasteiger partial charge in [-0.3, -0.25) is 0 Å². The first-order valence-corrected chi connectivity index (χ1v) is 9.28. The van der Waals surface area contributed by atoms with Crippen molar-refractivity contribution in [3.63, 3.8) is 0 Å². The largest absolute Gasteiger partial charge is 0.490 e. The molecular formula is C19H23ClN4O2. The van der Waals surface area contributed by atoms with E-state index in [4.69, 9.17) is 21.2 Å². The van der Waals surface area contributed by atoms with Crippen molar-refractivity contribution in [2.75, 3.05) is 24.6 Å². The number of hydrogen-bond donors (Lipinski definition) is 0. The molecule has 2 heterocycles. The summed E-state index contributed by atoms with van der Waals surface area (Å²) >= 11 is 5.79. The average molecular weight is 375 g/mol. The van der Waals surface area contributed by atoms with Crippen molar-refractivity contribution >= 4 is 23.6 Å². The molecule has 0 amide bonds. The van der Waals surface area contributed by atoms with Crippen LogP contribution in [0.5, 0.6) is 5.75 Å². The summed E-state index contributed by atoms with van der Waals surface area (Å²) in [6.07, 6.45) is 4.76. The number of piperidine rings is 1. The van der Waals surface area contributed by atoms with Crippen LogP contribution in [-0.4, -0.2) is 42.2 Å². The molecule has 138 valence electrons. The molecule has 0 aliphatic carbocycles. The van der Waals surface area contributed by atoms with Gasteiger partial charge in [-0.25, -0.2) is 0 Å². The highest BCUT2D eigenvalue weighted by Gasteiger charge is 2.21. The molecule has 0 spiro atoms. The maximum atomic E-state index is 6.10. The molecule has 2 aromatic rings. The minimum absolute atomic E-state index is 0.207. The number of rotatable bonds is 7. The summed E-state index contributed by atoms with van der Waals surface area (Å²) in [4.78, 5) is 7.32. The van der Waals surface area contributed by atoms with E-state index in [0.717, 1.165) is 49.5 Å². The molecular weight excluding hydrogens is 352 g/mol. The van der Waals surface area contributed by atoms with Gasteiger partial charge in [-0.15, -0.1) is 10.2 Å². The van der Waals surface area contributed by atoms with Crippen molar-refractivity contribution < 1.29 is 9.57 Å². The quantitative estimate of drug-likeness (QED) is 0.417. The van der Waals surface area contributed by atoms with Crippen molar-refractivity contribution in [2.45, 2.75) is 32.3 Å². The zero-order valence-corrected chi connectivity index (χ0v) is 15.6. The van der Waals surface area contributed by atoms with Crippen LogP contribution in [0.1, 0.15) is 31.7 Å². The van der Waals surface area contributed by atoms with Crippen LogP contribution in [0, 0.1) is 0 Å². The van der Waals surface area contributed by atoms with E-state index >= 15 is 0 Å². The minimum atomic E-state index is 0.207. The SMILES string of the molecule is CCCO/N=C/c1ccc(OC2CCN(c3ccc(Cl)nn3)CC2)cc1. The van der Waals surface area contributed by atoms with E-state index < -0.39 is 0 Å². The van der Waals surface area contributed by atoms with Crippen molar-refractivity contribution in [3.05, 3.63) is 47.1 Å². The van der Waals surface area contributed by atoms with Crippen LogP contribution in [0.2, 0.25) is 5.15 Å². The third-order valence-electron chi connectivity index (χ3n) is 4.14. The lowest BCUT2D eigenvalue weighted by Crippen LogP contribution is -2.38. The van der Waals surface area contributed by atoms with Gasteiger partial charge in [0.05, 0.1) is 6.21 Å². The normalized spacial score (nSPS) is 15.4. The molecule has 1 aromatic heterocycles. The standard InChI is InChI=1S/C19H23ClN4O2/c1-2-13-25-21-14-15-3-5-16(6-4-15)26-17-9-11-24(12-10-17)19-8-7-18(20)22-23-19/h3-8,14,17H,2,9-13H2,1H3/b21-14+. The Labute approximate surface area is 158 Å². The van der Waals surface area contributed by atoms with Crippen molar-refractivity contribution in [3.8, 4) is 5.75 Å². The van der Waals surface area contributed by atoms with Gasteiger partial charge in [0.15, 0.2) is 11.0 Å². The monoisotopic (exact) mass is 374 g/mol. The van der Waals surface area contributed by atoms with E-state index in [1.807, 2.05) is 30.3 Å². The molecule has 26 heavy (non-hydrogen) atoms. The highest BCUT2D eigenvalue weighted by Crippen LogP contribution is 2.22. The second kappa shape index (κ2) is 9.38. The second-order valence-electron chi connectivity index (χ2n) is 6.16. The fraction of sp³-hybridized carbons (Fsp3) is 0.421. The maximum absolute atomic E-state index is 6.10. The van der Waals surface area contributed by atoms with Gasteiger partial charge < -0.3 is 14.5 Å². The molecule has 1 saturated heterocycles. The predicted molar refractivity (Wildman–Crippen MR) is 103 cm³/mol. The number of ether oxygens (including phenoxy) is 1. The molecule has 0 atom stereocenters. The molecule has 1 aliphatic rings. The van der Waals surface area contributed by atoms with Crippen LogP contribution in [0.15, 0.2) is 41.6 Å². The lowest BCUT2D eigenvalue weighted by molar-refractivity contribution is 0.146. The predicted octanol–water partition coefficient (Wildman–Crippen LogP) is 3.94. The molecule has 1 aliphatic heterocycles. The summed E-state index contributed by atoms with van der Waals surface area (Å²) in [5.41, 5.74) is 0.990. The van der Waals surface area contributed by atoms with E-state index in [2.05, 4.69) is 27.2 Å². The Morgan fingerprint density at radius 2 is 1.92 bits per heavy atom. The number of aromatic nitrogens is 2. The Hall–Kier alpha value is -2.34. The summed E-state index contributed by atoms with van der Waals surface area (Å²) in [6.45, 7) is 4.47. The van der Waals surface area contributed by atoms with Crippen LogP contribution in [0.4, 0.5) is 5.82 Å². The number of oxime groups is 1. The summed E-state index contributed by atoms with van der Waals surface area (Å²) in [7, 11) is 0. The van der Waals surface area contributed by atoms with Crippen molar-refractivity contribution in [1.29, 1.82) is 0 Å². The summed E-state index contributed by atoms with van der Waals surface area (Å²) in [5.74, 6) is 1.74. The van der Waals surface area contributed by atoms with E-state index in [1.54, 1.807) is 12.3 Å². The number of halogens is 1. The summed E-state index contributed by atoms with van der Waals surface area (Å²) < 4.78 is 6.10. The van der Waals surface area contributed by atoms with Crippen LogP contribution in [-0.2, 0) is 4.84 Å². The van der Waals surface area contributed by atoms with Gasteiger partial charge in [0, 0.05) is 25.9 Å². The van der Waals surface area contributed by atoms with E-state index in [0.29, 0.717) is 11.8 Å². The molecule has 0 unspecified atom stereocenters. The van der Waals surface area contributed by atoms with Gasteiger partial charge in [-0.1, -0.05) is 23.7 Å². The number of nitrogens with zero attached hydrogens (tertiary/aromatic N) is 4. The number of anilines is 1. The van der Waals surface area contributed by atoms with Crippen LogP contribution in [0.25, 0.3) is 0 Å². The summed E-state index contributed by atoms with van der Waals surface area (Å²) in [5, 5.41) is 12.4. The molecule has 3 rings (SSSR count). The number of hydrogen-bond acceptors (Lipinski definition) is 6. The minimum Gasteiger partial charge on any atom is -0.490 e. The van der Waals surface area contributed by atoms with Gasteiger partial charge in [-0.05, 0) is 48.4 Å². The Morgan fingerprint density at radius 1 is 1.15 bits per heavy atom. The molecule has 1 aromatic carbocycles. The Bertz CT molecular complexity index is 698. The smallest absolute Gasteiger partial charge is 0.151 e. The van der Waals surface area contributed by atoms with E-state index in [9.17, 15) is 0 Å². The Morgan fingerprint density at radius 3 is 2.58 bits per heavy atom. The molecule has 6 nitrogen and oxygen atoms in total. The van der Waals surface area contributed by atoms with Crippen LogP contribution in [0.3, 0.4) is 0 Å². The lowest BCUT2D eigenvalue weighted by atomic mass is 10.1. The first kappa shape index (κ1) is 18.5. The highest BCUT2D eigenvalue weighted by molar-refractivity contribution is 6.29. The maximum Gasteiger partial charge on any atom is 0.151 e.